The molecule has 0 saturated heterocycles. The number of thiazole rings is 1. The van der Waals surface area contributed by atoms with Gasteiger partial charge >= 0.3 is 0 Å². The molecule has 3 aromatic rings. The van der Waals surface area contributed by atoms with Crippen LogP contribution in [0.1, 0.15) is 10.6 Å². The number of anilines is 2. The SMILES string of the molecule is COc1cccc(CNc2nc(N)c3nc(C)sc3n2)c1. The van der Waals surface area contributed by atoms with Crippen molar-refractivity contribution in [3.63, 3.8) is 0 Å². The molecule has 3 rings (SSSR count). The first kappa shape index (κ1) is 13.6. The third-order valence-corrected chi connectivity index (χ3v) is 3.84. The van der Waals surface area contributed by atoms with Gasteiger partial charge in [-0.3, -0.25) is 0 Å². The number of nitrogens with two attached hydrogens (primary N) is 1. The molecule has 0 aliphatic heterocycles. The van der Waals surface area contributed by atoms with Gasteiger partial charge in [-0.1, -0.05) is 23.5 Å². The highest BCUT2D eigenvalue weighted by Crippen LogP contribution is 2.24. The molecule has 0 aliphatic carbocycles. The van der Waals surface area contributed by atoms with E-state index in [9.17, 15) is 0 Å². The second-order valence-electron chi connectivity index (χ2n) is 4.52. The van der Waals surface area contributed by atoms with E-state index in [1.165, 1.54) is 11.3 Å². The van der Waals surface area contributed by atoms with Crippen LogP contribution >= 0.6 is 11.3 Å². The number of hydrogen-bond donors (Lipinski definition) is 2. The normalized spacial score (nSPS) is 10.8. The lowest BCUT2D eigenvalue weighted by atomic mass is 10.2. The molecule has 0 saturated carbocycles. The highest BCUT2D eigenvalue weighted by molar-refractivity contribution is 7.18. The molecule has 0 atom stereocenters. The van der Waals surface area contributed by atoms with Gasteiger partial charge in [0.25, 0.3) is 0 Å². The average molecular weight is 301 g/mol. The Bertz CT molecular complexity index is 786. The summed E-state index contributed by atoms with van der Waals surface area (Å²) in [4.78, 5) is 13.8. The predicted molar refractivity (Wildman–Crippen MR) is 84.7 cm³/mol. The second kappa shape index (κ2) is 5.53. The van der Waals surface area contributed by atoms with Gasteiger partial charge in [0.1, 0.15) is 11.3 Å². The van der Waals surface area contributed by atoms with Gasteiger partial charge in [0.05, 0.1) is 12.1 Å². The molecule has 0 aliphatic rings. The van der Waals surface area contributed by atoms with Crippen molar-refractivity contribution >= 4 is 33.5 Å². The Morgan fingerprint density at radius 2 is 2.14 bits per heavy atom. The quantitative estimate of drug-likeness (QED) is 0.770. The van der Waals surface area contributed by atoms with Crippen molar-refractivity contribution in [2.75, 3.05) is 18.2 Å². The van der Waals surface area contributed by atoms with Gasteiger partial charge in [-0.25, -0.2) is 9.97 Å². The summed E-state index contributed by atoms with van der Waals surface area (Å²) in [6.45, 7) is 2.52. The number of ether oxygens (including phenoxy) is 1. The first-order valence-electron chi connectivity index (χ1n) is 6.43. The summed E-state index contributed by atoms with van der Waals surface area (Å²) in [5.41, 5.74) is 7.67. The first-order chi connectivity index (χ1) is 10.2. The number of benzene rings is 1. The number of nitrogens with one attached hydrogen (secondary N) is 1. The minimum atomic E-state index is 0.400. The predicted octanol–water partition coefficient (Wildman–Crippen LogP) is 2.60. The minimum absolute atomic E-state index is 0.400. The molecular weight excluding hydrogens is 286 g/mol. The summed E-state index contributed by atoms with van der Waals surface area (Å²) >= 11 is 1.51. The standard InChI is InChI=1S/C14H15N5OS/c1-8-17-11-12(15)18-14(19-13(11)21-8)16-7-9-4-3-5-10(6-9)20-2/h3-6H,7H2,1-2H3,(H3,15,16,18,19). The lowest BCUT2D eigenvalue weighted by Crippen LogP contribution is -2.05. The fourth-order valence-corrected chi connectivity index (χ4v) is 2.79. The monoisotopic (exact) mass is 301 g/mol. The number of nitrogens with zero attached hydrogens (tertiary/aromatic N) is 3. The number of methoxy groups -OCH3 is 1. The summed E-state index contributed by atoms with van der Waals surface area (Å²) in [6.07, 6.45) is 0. The van der Waals surface area contributed by atoms with Crippen molar-refractivity contribution in [1.82, 2.24) is 15.0 Å². The minimum Gasteiger partial charge on any atom is -0.497 e. The summed E-state index contributed by atoms with van der Waals surface area (Å²) in [5, 5.41) is 4.10. The molecule has 1 aromatic carbocycles. The molecule has 0 bridgehead atoms. The maximum absolute atomic E-state index is 5.92. The maximum atomic E-state index is 5.92. The van der Waals surface area contributed by atoms with E-state index in [4.69, 9.17) is 10.5 Å². The lowest BCUT2D eigenvalue weighted by molar-refractivity contribution is 0.414. The summed E-state index contributed by atoms with van der Waals surface area (Å²) in [5.74, 6) is 1.73. The van der Waals surface area contributed by atoms with Gasteiger partial charge in [0.15, 0.2) is 10.6 Å². The fourth-order valence-electron chi connectivity index (χ4n) is 1.99. The molecule has 0 fully saturated rings. The van der Waals surface area contributed by atoms with Crippen LogP contribution in [0.3, 0.4) is 0 Å². The van der Waals surface area contributed by atoms with Gasteiger partial charge in [0, 0.05) is 6.54 Å². The van der Waals surface area contributed by atoms with Gasteiger partial charge < -0.3 is 15.8 Å². The van der Waals surface area contributed by atoms with Crippen LogP contribution in [0.2, 0.25) is 0 Å². The number of fused-ring (bicyclic) bond motifs is 1. The van der Waals surface area contributed by atoms with Gasteiger partial charge in [-0.2, -0.15) is 4.98 Å². The topological polar surface area (TPSA) is 86.0 Å². The average Bonchev–Trinajstić information content (AvgIpc) is 2.86. The molecule has 3 N–H and O–H groups in total. The van der Waals surface area contributed by atoms with Gasteiger partial charge in [-0.05, 0) is 24.6 Å². The Kier molecular flexibility index (Phi) is 3.57. The van der Waals surface area contributed by atoms with Crippen LogP contribution in [0.5, 0.6) is 5.75 Å². The maximum Gasteiger partial charge on any atom is 0.226 e. The summed E-state index contributed by atoms with van der Waals surface area (Å²) in [6, 6.07) is 7.82. The molecule has 0 radical (unpaired) electrons. The zero-order valence-corrected chi connectivity index (χ0v) is 12.6. The van der Waals surface area contributed by atoms with Crippen LogP contribution in [0.15, 0.2) is 24.3 Å². The molecule has 0 amide bonds. The molecule has 0 unspecified atom stereocenters. The Hall–Kier alpha value is -2.41. The molecule has 21 heavy (non-hydrogen) atoms. The summed E-state index contributed by atoms with van der Waals surface area (Å²) < 4.78 is 5.20. The molecule has 0 spiro atoms. The van der Waals surface area contributed by atoms with Gasteiger partial charge in [0.2, 0.25) is 5.95 Å². The van der Waals surface area contributed by atoms with Crippen molar-refractivity contribution in [3.05, 3.63) is 34.8 Å². The Labute approximate surface area is 126 Å². The van der Waals surface area contributed by atoms with E-state index in [-0.39, 0.29) is 0 Å². The van der Waals surface area contributed by atoms with E-state index in [2.05, 4.69) is 20.3 Å². The van der Waals surface area contributed by atoms with E-state index in [1.54, 1.807) is 7.11 Å². The molecule has 7 heteroatoms. The summed E-state index contributed by atoms with van der Waals surface area (Å²) in [7, 11) is 1.65. The van der Waals surface area contributed by atoms with E-state index in [1.807, 2.05) is 31.2 Å². The molecule has 108 valence electrons. The van der Waals surface area contributed by atoms with Crippen LogP contribution < -0.4 is 15.8 Å². The van der Waals surface area contributed by atoms with Crippen LogP contribution in [0.25, 0.3) is 10.3 Å². The number of aryl methyl sites for hydroxylation is 1. The number of rotatable bonds is 4. The van der Waals surface area contributed by atoms with Crippen molar-refractivity contribution in [2.24, 2.45) is 0 Å². The molecule has 2 aromatic heterocycles. The highest BCUT2D eigenvalue weighted by atomic mass is 32.1. The zero-order chi connectivity index (χ0) is 14.8. The first-order valence-corrected chi connectivity index (χ1v) is 7.25. The second-order valence-corrected chi connectivity index (χ2v) is 5.71. The third-order valence-electron chi connectivity index (χ3n) is 2.98. The number of nitrogen functional groups attached to an aromatic ring is 1. The van der Waals surface area contributed by atoms with E-state index in [0.29, 0.717) is 23.8 Å². The Balaban J connectivity index is 1.81. The highest BCUT2D eigenvalue weighted by Gasteiger charge is 2.09. The van der Waals surface area contributed by atoms with Crippen molar-refractivity contribution < 1.29 is 4.74 Å². The Morgan fingerprint density at radius 3 is 2.95 bits per heavy atom. The largest absolute Gasteiger partial charge is 0.497 e. The lowest BCUT2D eigenvalue weighted by Gasteiger charge is -2.07. The number of hydrogen-bond acceptors (Lipinski definition) is 7. The van der Waals surface area contributed by atoms with Crippen molar-refractivity contribution in [2.45, 2.75) is 13.5 Å². The fraction of sp³-hybridized carbons (Fsp3) is 0.214. The number of aromatic nitrogens is 3. The molecule has 6 nitrogen and oxygen atoms in total. The smallest absolute Gasteiger partial charge is 0.226 e. The van der Waals surface area contributed by atoms with Crippen molar-refractivity contribution in [3.8, 4) is 5.75 Å². The van der Waals surface area contributed by atoms with Crippen LogP contribution in [-0.4, -0.2) is 22.1 Å². The van der Waals surface area contributed by atoms with Gasteiger partial charge in [-0.15, -0.1) is 0 Å². The third kappa shape index (κ3) is 2.87. The van der Waals surface area contributed by atoms with Crippen LogP contribution in [0.4, 0.5) is 11.8 Å². The van der Waals surface area contributed by atoms with Crippen LogP contribution in [-0.2, 0) is 6.54 Å². The van der Waals surface area contributed by atoms with E-state index < -0.39 is 0 Å². The molecule has 2 heterocycles. The van der Waals surface area contributed by atoms with E-state index >= 15 is 0 Å². The van der Waals surface area contributed by atoms with E-state index in [0.717, 1.165) is 21.2 Å². The molecular formula is C14H15N5OS. The van der Waals surface area contributed by atoms with Crippen LogP contribution in [0, 0.1) is 6.92 Å². The van der Waals surface area contributed by atoms with Crippen molar-refractivity contribution in [1.29, 1.82) is 0 Å². The zero-order valence-electron chi connectivity index (χ0n) is 11.8. The Morgan fingerprint density at radius 1 is 1.29 bits per heavy atom.